The molecule has 1 aliphatic carbocycles. The van der Waals surface area contributed by atoms with Gasteiger partial charge in [0, 0.05) is 41.2 Å². The van der Waals surface area contributed by atoms with E-state index in [4.69, 9.17) is 4.74 Å². The molecule has 2 aromatic carbocycles. The molecule has 1 N–H and O–H groups in total. The highest BCUT2D eigenvalue weighted by molar-refractivity contribution is 7.86. The summed E-state index contributed by atoms with van der Waals surface area (Å²) in [6.45, 7) is 4.83. The van der Waals surface area contributed by atoms with Gasteiger partial charge in [0.05, 0.1) is 16.8 Å². The van der Waals surface area contributed by atoms with Crippen molar-refractivity contribution in [2.45, 2.75) is 39.7 Å². The molecule has 5 rings (SSSR count). The Morgan fingerprint density at radius 2 is 2.00 bits per heavy atom. The lowest BCUT2D eigenvalue weighted by atomic mass is 10.0. The molecule has 2 aromatic heterocycles. The number of hydrogen-bond donors (Lipinski definition) is 1. The van der Waals surface area contributed by atoms with Gasteiger partial charge in [0.25, 0.3) is 0 Å². The first-order valence-electron chi connectivity index (χ1n) is 12.4. The van der Waals surface area contributed by atoms with Crippen molar-refractivity contribution in [1.29, 1.82) is 10.5 Å². The number of hydrogen-bond acceptors (Lipinski definition) is 5. The minimum Gasteiger partial charge on any atom is -0.438 e. The zero-order valence-corrected chi connectivity index (χ0v) is 21.6. The maximum atomic E-state index is 12.2. The van der Waals surface area contributed by atoms with Crippen molar-refractivity contribution in [1.82, 2.24) is 9.55 Å². The number of fused-ring (bicyclic) bond motifs is 1. The van der Waals surface area contributed by atoms with Gasteiger partial charge in [0.2, 0.25) is 5.88 Å². The van der Waals surface area contributed by atoms with Crippen molar-refractivity contribution < 1.29 is 8.95 Å². The average Bonchev–Trinajstić information content (AvgIpc) is 3.66. The number of nitrogens with one attached hydrogen (secondary N) is 1. The number of aromatic nitrogens is 2. The average molecular weight is 510 g/mol. The Balaban J connectivity index is 1.61. The Kier molecular flexibility index (Phi) is 6.94. The van der Waals surface area contributed by atoms with Gasteiger partial charge in [-0.3, -0.25) is 0 Å². The molecule has 1 unspecified atom stereocenters. The standard InChI is InChI=1S/C29H27N5O2S/c1-3-13-37(35)33-22-8-10-24(19(2)14-22)28-26(17-31)25-11-9-23(15-27(25)34(28)18-20-6-7-20)36-29-21(16-30)5-4-12-32-29/h4-5,8-12,14-15,20,33H,3,6-7,13,18H2,1-2H3. The summed E-state index contributed by atoms with van der Waals surface area (Å²) in [6, 6.07) is 19.5. The van der Waals surface area contributed by atoms with Crippen LogP contribution in [0.15, 0.2) is 54.7 Å². The summed E-state index contributed by atoms with van der Waals surface area (Å²) in [5, 5.41) is 20.5. The number of ether oxygens (including phenoxy) is 1. The zero-order chi connectivity index (χ0) is 25.9. The highest BCUT2D eigenvalue weighted by atomic mass is 32.2. The fraction of sp³-hybridized carbons (Fsp3) is 0.276. The summed E-state index contributed by atoms with van der Waals surface area (Å²) in [7, 11) is -1.12. The zero-order valence-electron chi connectivity index (χ0n) is 20.8. The van der Waals surface area contributed by atoms with Gasteiger partial charge in [-0.05, 0) is 74.1 Å². The second-order valence-corrected chi connectivity index (χ2v) is 10.6. The molecule has 1 saturated carbocycles. The second-order valence-electron chi connectivity index (χ2n) is 9.32. The summed E-state index contributed by atoms with van der Waals surface area (Å²) in [6.07, 6.45) is 4.77. The molecule has 37 heavy (non-hydrogen) atoms. The lowest BCUT2D eigenvalue weighted by molar-refractivity contribution is 0.461. The molecule has 8 heteroatoms. The second kappa shape index (κ2) is 10.5. The lowest BCUT2D eigenvalue weighted by Gasteiger charge is -2.15. The summed E-state index contributed by atoms with van der Waals surface area (Å²) in [4.78, 5) is 4.21. The number of rotatable bonds is 9. The third kappa shape index (κ3) is 5.07. The van der Waals surface area contributed by atoms with Crippen molar-refractivity contribution >= 4 is 27.6 Å². The van der Waals surface area contributed by atoms with E-state index in [1.165, 1.54) is 12.8 Å². The van der Waals surface area contributed by atoms with E-state index in [1.54, 1.807) is 18.3 Å². The number of nitriles is 2. The summed E-state index contributed by atoms with van der Waals surface area (Å²) in [5.74, 6) is 1.98. The molecular weight excluding hydrogens is 482 g/mol. The molecule has 0 aliphatic heterocycles. The van der Waals surface area contributed by atoms with E-state index in [-0.39, 0.29) is 5.88 Å². The maximum absolute atomic E-state index is 12.2. The summed E-state index contributed by atoms with van der Waals surface area (Å²) < 4.78 is 23.5. The predicted molar refractivity (Wildman–Crippen MR) is 145 cm³/mol. The van der Waals surface area contributed by atoms with Gasteiger partial charge >= 0.3 is 0 Å². The molecule has 0 radical (unpaired) electrons. The Hall–Kier alpha value is -4.14. The molecule has 0 amide bonds. The van der Waals surface area contributed by atoms with Crippen molar-refractivity contribution in [3.63, 3.8) is 0 Å². The quantitative estimate of drug-likeness (QED) is 0.279. The van der Waals surface area contributed by atoms with E-state index in [2.05, 4.69) is 26.4 Å². The first kappa shape index (κ1) is 24.5. The fourth-order valence-corrected chi connectivity index (χ4v) is 5.43. The molecule has 7 nitrogen and oxygen atoms in total. The van der Waals surface area contributed by atoms with Crippen LogP contribution in [0.1, 0.15) is 42.9 Å². The molecular formula is C29H27N5O2S. The Morgan fingerprint density at radius 1 is 1.16 bits per heavy atom. The number of pyridine rings is 1. The van der Waals surface area contributed by atoms with Gasteiger partial charge in [0.1, 0.15) is 34.4 Å². The topological polar surface area (TPSA) is 104 Å². The van der Waals surface area contributed by atoms with Crippen LogP contribution in [0.25, 0.3) is 22.2 Å². The van der Waals surface area contributed by atoms with Gasteiger partial charge in [-0.25, -0.2) is 9.19 Å². The van der Waals surface area contributed by atoms with Gasteiger partial charge in [-0.1, -0.05) is 13.0 Å². The first-order valence-corrected chi connectivity index (χ1v) is 13.7. The van der Waals surface area contributed by atoms with Crippen LogP contribution in [0.4, 0.5) is 5.69 Å². The van der Waals surface area contributed by atoms with Crippen LogP contribution in [-0.4, -0.2) is 19.5 Å². The van der Waals surface area contributed by atoms with E-state index < -0.39 is 11.0 Å². The third-order valence-electron chi connectivity index (χ3n) is 6.49. The van der Waals surface area contributed by atoms with Crippen LogP contribution >= 0.6 is 0 Å². The Bertz CT molecular complexity index is 1590. The molecule has 186 valence electrons. The highest BCUT2D eigenvalue weighted by Gasteiger charge is 2.27. The van der Waals surface area contributed by atoms with Crippen molar-refractivity contribution in [2.75, 3.05) is 10.5 Å². The highest BCUT2D eigenvalue weighted by Crippen LogP contribution is 2.41. The van der Waals surface area contributed by atoms with Crippen LogP contribution < -0.4 is 9.46 Å². The van der Waals surface area contributed by atoms with E-state index in [1.807, 2.05) is 50.2 Å². The predicted octanol–water partition coefficient (Wildman–Crippen LogP) is 6.44. The first-order chi connectivity index (χ1) is 18.0. The van der Waals surface area contributed by atoms with Gasteiger partial charge in [0.15, 0.2) is 0 Å². The number of benzene rings is 2. The van der Waals surface area contributed by atoms with E-state index in [0.717, 1.165) is 46.4 Å². The Morgan fingerprint density at radius 3 is 2.70 bits per heavy atom. The summed E-state index contributed by atoms with van der Waals surface area (Å²) in [5.41, 5.74) is 5.55. The maximum Gasteiger partial charge on any atom is 0.237 e. The van der Waals surface area contributed by atoms with Crippen molar-refractivity contribution in [3.05, 3.63) is 71.4 Å². The molecule has 0 bridgehead atoms. The SMILES string of the molecule is CCCS(=O)Nc1ccc(-c2c(C#N)c3ccc(Oc4ncccc4C#N)cc3n2CC2CC2)c(C)c1. The molecule has 1 atom stereocenters. The fourth-order valence-electron chi connectivity index (χ4n) is 4.56. The van der Waals surface area contributed by atoms with E-state index >= 15 is 0 Å². The van der Waals surface area contributed by atoms with Crippen LogP contribution in [0.5, 0.6) is 11.6 Å². The van der Waals surface area contributed by atoms with Crippen LogP contribution in [0, 0.1) is 35.5 Å². The van der Waals surface area contributed by atoms with Gasteiger partial charge in [-0.15, -0.1) is 0 Å². The largest absolute Gasteiger partial charge is 0.438 e. The van der Waals surface area contributed by atoms with Gasteiger partial charge in [-0.2, -0.15) is 10.5 Å². The molecule has 1 aliphatic rings. The third-order valence-corrected chi connectivity index (χ3v) is 7.74. The van der Waals surface area contributed by atoms with E-state index in [9.17, 15) is 14.7 Å². The normalized spacial score (nSPS) is 13.6. The van der Waals surface area contributed by atoms with Crippen LogP contribution in [0.2, 0.25) is 0 Å². The lowest BCUT2D eigenvalue weighted by Crippen LogP contribution is -2.08. The monoisotopic (exact) mass is 509 g/mol. The Labute approximate surface area is 218 Å². The van der Waals surface area contributed by atoms with Crippen LogP contribution in [-0.2, 0) is 17.5 Å². The van der Waals surface area contributed by atoms with Gasteiger partial charge < -0.3 is 14.0 Å². The van der Waals surface area contributed by atoms with Crippen LogP contribution in [0.3, 0.4) is 0 Å². The van der Waals surface area contributed by atoms with E-state index in [0.29, 0.717) is 28.5 Å². The molecule has 1 fully saturated rings. The van der Waals surface area contributed by atoms with Crippen molar-refractivity contribution in [2.24, 2.45) is 5.92 Å². The minimum atomic E-state index is -1.12. The molecule has 0 saturated heterocycles. The minimum absolute atomic E-state index is 0.254. The smallest absolute Gasteiger partial charge is 0.237 e. The number of aryl methyl sites for hydroxylation is 1. The van der Waals surface area contributed by atoms with Crippen molar-refractivity contribution in [3.8, 4) is 35.0 Å². The molecule has 4 aromatic rings. The molecule has 2 heterocycles. The number of anilines is 1. The summed E-state index contributed by atoms with van der Waals surface area (Å²) >= 11 is 0. The number of nitrogens with zero attached hydrogens (tertiary/aromatic N) is 4. The molecule has 0 spiro atoms.